The lowest BCUT2D eigenvalue weighted by molar-refractivity contribution is 0.380. The standard InChI is InChI=1S/C5H3F3O3S/c1-2-3-11-12(9,10)5(8)4(6)7/h1H3. The minimum atomic E-state index is -5.03. The Balaban J connectivity index is 4.86. The lowest BCUT2D eigenvalue weighted by Gasteiger charge is -1.93. The van der Waals surface area contributed by atoms with E-state index in [0.29, 0.717) is 0 Å². The van der Waals surface area contributed by atoms with Crippen molar-refractivity contribution in [2.24, 2.45) is 0 Å². The Morgan fingerprint density at radius 3 is 2.17 bits per heavy atom. The summed E-state index contributed by atoms with van der Waals surface area (Å²) in [5.74, 6) is 1.93. The van der Waals surface area contributed by atoms with E-state index in [2.05, 4.69) is 4.18 Å². The van der Waals surface area contributed by atoms with Gasteiger partial charge in [-0.3, -0.25) is 0 Å². The highest BCUT2D eigenvalue weighted by Gasteiger charge is 2.24. The number of hydrogen-bond donors (Lipinski definition) is 0. The highest BCUT2D eigenvalue weighted by Crippen LogP contribution is 2.17. The van der Waals surface area contributed by atoms with Gasteiger partial charge in [-0.2, -0.15) is 21.6 Å². The average molecular weight is 200 g/mol. The minimum Gasteiger partial charge on any atom is -0.322 e. The largest absolute Gasteiger partial charge is 0.380 e. The van der Waals surface area contributed by atoms with Gasteiger partial charge in [-0.25, -0.2) is 0 Å². The highest BCUT2D eigenvalue weighted by molar-refractivity contribution is 7.90. The van der Waals surface area contributed by atoms with Crippen LogP contribution in [0.2, 0.25) is 0 Å². The molecule has 0 saturated heterocycles. The molecule has 3 nitrogen and oxygen atoms in total. The molecule has 0 aliphatic heterocycles. The van der Waals surface area contributed by atoms with E-state index in [0.717, 1.165) is 0 Å². The second-order valence-corrected chi connectivity index (χ2v) is 2.86. The van der Waals surface area contributed by atoms with Gasteiger partial charge in [0.15, 0.2) is 0 Å². The Hall–Kier alpha value is -1.16. The highest BCUT2D eigenvalue weighted by atomic mass is 32.2. The molecule has 0 aliphatic carbocycles. The maximum atomic E-state index is 12.0. The third-order valence-corrected chi connectivity index (χ3v) is 1.52. The van der Waals surface area contributed by atoms with Gasteiger partial charge in [-0.1, -0.05) is 5.92 Å². The van der Waals surface area contributed by atoms with Crippen LogP contribution < -0.4 is 0 Å². The smallest absolute Gasteiger partial charge is 0.322 e. The van der Waals surface area contributed by atoms with Gasteiger partial charge in [-0.15, -0.1) is 0 Å². The first-order valence-corrected chi connectivity index (χ1v) is 3.88. The minimum absolute atomic E-state index is 1.20. The fourth-order valence-electron chi connectivity index (χ4n) is 0.228. The van der Waals surface area contributed by atoms with E-state index in [1.807, 2.05) is 5.92 Å². The molecule has 0 fully saturated rings. The van der Waals surface area contributed by atoms with Gasteiger partial charge >= 0.3 is 21.4 Å². The normalized spacial score (nSPS) is 9.67. The summed E-state index contributed by atoms with van der Waals surface area (Å²) in [4.78, 5) is 0. The second kappa shape index (κ2) is 4.01. The van der Waals surface area contributed by atoms with Crippen LogP contribution in [-0.2, 0) is 14.3 Å². The van der Waals surface area contributed by atoms with Gasteiger partial charge in [0, 0.05) is 6.92 Å². The summed E-state index contributed by atoms with van der Waals surface area (Å²) < 4.78 is 58.8. The summed E-state index contributed by atoms with van der Waals surface area (Å²) in [5, 5.41) is -2.62. The molecule has 0 saturated carbocycles. The quantitative estimate of drug-likeness (QED) is 0.499. The van der Waals surface area contributed by atoms with Crippen molar-refractivity contribution >= 4 is 10.1 Å². The van der Waals surface area contributed by atoms with Gasteiger partial charge in [-0.05, 0) is 0 Å². The van der Waals surface area contributed by atoms with Gasteiger partial charge in [0.1, 0.15) is 6.11 Å². The number of halogens is 3. The molecule has 0 aromatic rings. The van der Waals surface area contributed by atoms with Crippen LogP contribution in [0.3, 0.4) is 0 Å². The van der Waals surface area contributed by atoms with Gasteiger partial charge in [0.2, 0.25) is 0 Å². The van der Waals surface area contributed by atoms with Crippen LogP contribution in [0.1, 0.15) is 6.92 Å². The van der Waals surface area contributed by atoms with Crippen LogP contribution in [0.25, 0.3) is 0 Å². The van der Waals surface area contributed by atoms with Crippen molar-refractivity contribution in [2.45, 2.75) is 6.92 Å². The topological polar surface area (TPSA) is 43.4 Å². The summed E-state index contributed by atoms with van der Waals surface area (Å²) in [5.41, 5.74) is 0. The lowest BCUT2D eigenvalue weighted by atomic mass is 10.8. The predicted octanol–water partition coefficient (Wildman–Crippen LogP) is 1.35. The fourth-order valence-corrected chi connectivity index (χ4v) is 0.683. The Morgan fingerprint density at radius 1 is 1.33 bits per heavy atom. The second-order valence-electron chi connectivity index (χ2n) is 1.42. The first-order chi connectivity index (χ1) is 5.41. The average Bonchev–Trinajstić information content (AvgIpc) is 1.99. The SMILES string of the molecule is CC#COS(=O)(=O)C(F)=C(F)F. The van der Waals surface area contributed by atoms with Crippen LogP contribution >= 0.6 is 0 Å². The monoisotopic (exact) mass is 200 g/mol. The third-order valence-electron chi connectivity index (χ3n) is 0.622. The molecule has 0 aliphatic rings. The molecule has 0 radical (unpaired) electrons. The molecule has 0 aromatic heterocycles. The Kier molecular flexibility index (Phi) is 3.63. The molecule has 7 heteroatoms. The molecule has 0 aromatic carbocycles. The van der Waals surface area contributed by atoms with Crippen molar-refractivity contribution in [3.63, 3.8) is 0 Å². The van der Waals surface area contributed by atoms with E-state index in [-0.39, 0.29) is 0 Å². The molecule has 0 atom stereocenters. The maximum absolute atomic E-state index is 12.0. The van der Waals surface area contributed by atoms with Crippen LogP contribution in [0.4, 0.5) is 13.2 Å². The van der Waals surface area contributed by atoms with Gasteiger partial charge in [0.25, 0.3) is 0 Å². The third kappa shape index (κ3) is 2.84. The summed E-state index contributed by atoms with van der Waals surface area (Å²) in [6.45, 7) is 1.20. The van der Waals surface area contributed by atoms with Crippen LogP contribution in [0.5, 0.6) is 0 Å². The molecule has 0 rings (SSSR count). The molecule has 0 heterocycles. The zero-order valence-electron chi connectivity index (χ0n) is 5.77. The van der Waals surface area contributed by atoms with Crippen LogP contribution in [0, 0.1) is 12.0 Å². The van der Waals surface area contributed by atoms with Gasteiger partial charge < -0.3 is 4.18 Å². The summed E-state index contributed by atoms with van der Waals surface area (Å²) in [7, 11) is -5.03. The first kappa shape index (κ1) is 10.8. The molecular weight excluding hydrogens is 197 g/mol. The molecule has 0 bridgehead atoms. The van der Waals surface area contributed by atoms with E-state index in [9.17, 15) is 21.6 Å². The Morgan fingerprint density at radius 2 is 1.83 bits per heavy atom. The van der Waals surface area contributed by atoms with E-state index >= 15 is 0 Å². The summed E-state index contributed by atoms with van der Waals surface area (Å²) in [6.07, 6.45) is -1.49. The molecule has 0 amide bonds. The van der Waals surface area contributed by atoms with Crippen molar-refractivity contribution in [1.29, 1.82) is 0 Å². The first-order valence-electron chi connectivity index (χ1n) is 2.48. The van der Waals surface area contributed by atoms with Crippen molar-refractivity contribution in [2.75, 3.05) is 0 Å². The zero-order valence-corrected chi connectivity index (χ0v) is 6.58. The predicted molar refractivity (Wildman–Crippen MR) is 33.8 cm³/mol. The Bertz CT molecular complexity index is 342. The molecule has 0 N–H and O–H groups in total. The maximum Gasteiger partial charge on any atom is 0.380 e. The van der Waals surface area contributed by atoms with Gasteiger partial charge in [0.05, 0.1) is 0 Å². The fraction of sp³-hybridized carbons (Fsp3) is 0.200. The molecule has 12 heavy (non-hydrogen) atoms. The lowest BCUT2D eigenvalue weighted by Crippen LogP contribution is -2.02. The number of rotatable bonds is 2. The van der Waals surface area contributed by atoms with E-state index < -0.39 is 21.4 Å². The summed E-state index contributed by atoms with van der Waals surface area (Å²) >= 11 is 0. The van der Waals surface area contributed by atoms with Crippen molar-refractivity contribution < 1.29 is 25.8 Å². The summed E-state index contributed by atoms with van der Waals surface area (Å²) in [6, 6.07) is 0. The molecule has 68 valence electrons. The van der Waals surface area contributed by atoms with Crippen LogP contribution in [-0.4, -0.2) is 8.42 Å². The number of hydrogen-bond acceptors (Lipinski definition) is 3. The molecular formula is C5H3F3O3S. The van der Waals surface area contributed by atoms with Crippen LogP contribution in [0.15, 0.2) is 11.2 Å². The van der Waals surface area contributed by atoms with E-state index in [4.69, 9.17) is 0 Å². The van der Waals surface area contributed by atoms with Crippen molar-refractivity contribution in [3.05, 3.63) is 11.2 Å². The van der Waals surface area contributed by atoms with E-state index in [1.165, 1.54) is 13.0 Å². The Labute approximate surface area is 67.0 Å². The van der Waals surface area contributed by atoms with Crippen molar-refractivity contribution in [3.8, 4) is 12.0 Å². The zero-order chi connectivity index (χ0) is 9.78. The van der Waals surface area contributed by atoms with E-state index in [1.54, 1.807) is 0 Å². The molecule has 0 spiro atoms. The molecule has 0 unspecified atom stereocenters. The van der Waals surface area contributed by atoms with Crippen molar-refractivity contribution in [1.82, 2.24) is 0 Å².